The van der Waals surface area contributed by atoms with Crippen LogP contribution in [0.1, 0.15) is 18.9 Å². The van der Waals surface area contributed by atoms with Crippen LogP contribution in [0.3, 0.4) is 0 Å². The number of fused-ring (bicyclic) bond motifs is 1. The third-order valence-corrected chi connectivity index (χ3v) is 6.33. The first-order chi connectivity index (χ1) is 11.9. The molecule has 2 aromatic rings. The molecule has 0 aromatic heterocycles. The van der Waals surface area contributed by atoms with Gasteiger partial charge in [0.1, 0.15) is 0 Å². The van der Waals surface area contributed by atoms with Gasteiger partial charge in [0.15, 0.2) is 9.84 Å². The lowest BCUT2D eigenvalue weighted by Gasteiger charge is -2.33. The number of amides is 1. The van der Waals surface area contributed by atoms with Crippen LogP contribution in [-0.4, -0.2) is 26.6 Å². The zero-order valence-corrected chi connectivity index (χ0v) is 15.6. The maximum Gasteiger partial charge on any atom is 0.228 e. The maximum atomic E-state index is 12.7. The average molecular weight is 378 g/mol. The van der Waals surface area contributed by atoms with Crippen molar-refractivity contribution in [1.82, 2.24) is 0 Å². The minimum absolute atomic E-state index is 0.0457. The monoisotopic (exact) mass is 377 g/mol. The first-order valence-electron chi connectivity index (χ1n) is 8.23. The molecule has 1 heterocycles. The molecule has 1 aliphatic heterocycles. The van der Waals surface area contributed by atoms with Gasteiger partial charge in [0.2, 0.25) is 5.91 Å². The van der Waals surface area contributed by atoms with Crippen LogP contribution in [0, 0.1) is 5.92 Å². The van der Waals surface area contributed by atoms with Crippen molar-refractivity contribution in [2.75, 3.05) is 17.2 Å². The second-order valence-electron chi connectivity index (χ2n) is 6.47. The molecule has 0 saturated heterocycles. The van der Waals surface area contributed by atoms with Gasteiger partial charge in [-0.1, -0.05) is 42.8 Å². The third-order valence-electron chi connectivity index (χ3n) is 4.39. The maximum absolute atomic E-state index is 12.7. The number of hydrogen-bond acceptors (Lipinski definition) is 3. The minimum Gasteiger partial charge on any atom is -0.312 e. The van der Waals surface area contributed by atoms with Crippen LogP contribution in [-0.2, 0) is 21.1 Å². The highest BCUT2D eigenvalue weighted by Crippen LogP contribution is 2.30. The molecule has 0 spiro atoms. The summed E-state index contributed by atoms with van der Waals surface area (Å²) in [5.74, 6) is -0.0350. The molecule has 0 radical (unpaired) electrons. The van der Waals surface area contributed by atoms with Gasteiger partial charge in [0.05, 0.1) is 10.6 Å². The summed E-state index contributed by atoms with van der Waals surface area (Å²) in [5.41, 5.74) is 2.03. The van der Waals surface area contributed by atoms with Gasteiger partial charge >= 0.3 is 0 Å². The number of anilines is 1. The van der Waals surface area contributed by atoms with Gasteiger partial charge in [-0.25, -0.2) is 8.42 Å². The highest BCUT2D eigenvalue weighted by Gasteiger charge is 2.27. The van der Waals surface area contributed by atoms with E-state index in [0.29, 0.717) is 17.5 Å². The Bertz CT molecular complexity index is 895. The van der Waals surface area contributed by atoms with Gasteiger partial charge in [0.25, 0.3) is 0 Å². The molecule has 0 N–H and O–H groups in total. The van der Waals surface area contributed by atoms with E-state index >= 15 is 0 Å². The summed E-state index contributed by atoms with van der Waals surface area (Å²) in [4.78, 5) is 14.6. The molecule has 0 bridgehead atoms. The van der Waals surface area contributed by atoms with Crippen LogP contribution in [0.25, 0.3) is 0 Å². The van der Waals surface area contributed by atoms with E-state index in [1.807, 2.05) is 24.3 Å². The molecule has 1 atom stereocenters. The molecule has 4 nitrogen and oxygen atoms in total. The number of carbonyl (C=O) groups is 1. The molecule has 2 aromatic carbocycles. The Hall–Kier alpha value is -1.85. The van der Waals surface area contributed by atoms with E-state index in [2.05, 4.69) is 6.92 Å². The number of para-hydroxylation sites is 1. The second kappa shape index (κ2) is 7.18. The molecular weight excluding hydrogens is 358 g/mol. The summed E-state index contributed by atoms with van der Waals surface area (Å²) in [6.07, 6.45) is 0.886. The summed E-state index contributed by atoms with van der Waals surface area (Å²) < 4.78 is 24.9. The van der Waals surface area contributed by atoms with Crippen molar-refractivity contribution < 1.29 is 13.2 Å². The Morgan fingerprint density at radius 2 is 1.96 bits per heavy atom. The van der Waals surface area contributed by atoms with Gasteiger partial charge in [-0.15, -0.1) is 0 Å². The summed E-state index contributed by atoms with van der Waals surface area (Å²) in [6, 6.07) is 13.9. The van der Waals surface area contributed by atoms with Crippen LogP contribution < -0.4 is 4.90 Å². The SMILES string of the molecule is CC1Cc2ccccc2N(C(=O)CCS(=O)(=O)c2cccc(Cl)c2)C1. The van der Waals surface area contributed by atoms with E-state index in [1.165, 1.54) is 12.1 Å². The Kier molecular flexibility index (Phi) is 5.16. The van der Waals surface area contributed by atoms with Gasteiger partial charge in [-0.2, -0.15) is 0 Å². The van der Waals surface area contributed by atoms with E-state index in [-0.39, 0.29) is 23.0 Å². The van der Waals surface area contributed by atoms with Crippen LogP contribution in [0.15, 0.2) is 53.4 Å². The molecule has 0 saturated carbocycles. The molecule has 1 unspecified atom stereocenters. The van der Waals surface area contributed by atoms with E-state index in [9.17, 15) is 13.2 Å². The number of carbonyl (C=O) groups excluding carboxylic acids is 1. The fourth-order valence-corrected chi connectivity index (χ4v) is 4.69. The van der Waals surface area contributed by atoms with Crippen molar-refractivity contribution in [2.45, 2.75) is 24.7 Å². The molecular formula is C19H20ClNO3S. The number of nitrogens with zero attached hydrogens (tertiary/aromatic N) is 1. The molecule has 0 aliphatic carbocycles. The quantitative estimate of drug-likeness (QED) is 0.815. The zero-order valence-electron chi connectivity index (χ0n) is 14.0. The predicted molar refractivity (Wildman–Crippen MR) is 99.8 cm³/mol. The van der Waals surface area contributed by atoms with Gasteiger partial charge in [-0.05, 0) is 42.2 Å². The number of halogens is 1. The van der Waals surface area contributed by atoms with Crippen LogP contribution >= 0.6 is 11.6 Å². The van der Waals surface area contributed by atoms with E-state index in [0.717, 1.165) is 17.7 Å². The zero-order chi connectivity index (χ0) is 18.0. The minimum atomic E-state index is -3.54. The van der Waals surface area contributed by atoms with Crippen molar-refractivity contribution in [3.8, 4) is 0 Å². The Morgan fingerprint density at radius 1 is 1.20 bits per heavy atom. The lowest BCUT2D eigenvalue weighted by molar-refractivity contribution is -0.118. The fourth-order valence-electron chi connectivity index (χ4n) is 3.17. The molecule has 132 valence electrons. The fraction of sp³-hybridized carbons (Fsp3) is 0.316. The average Bonchev–Trinajstić information content (AvgIpc) is 2.59. The lowest BCUT2D eigenvalue weighted by Crippen LogP contribution is -2.39. The summed E-state index contributed by atoms with van der Waals surface area (Å²) in [5, 5.41) is 0.367. The summed E-state index contributed by atoms with van der Waals surface area (Å²) >= 11 is 5.87. The highest BCUT2D eigenvalue weighted by atomic mass is 35.5. The lowest BCUT2D eigenvalue weighted by atomic mass is 9.94. The van der Waals surface area contributed by atoms with Gasteiger partial charge < -0.3 is 4.90 Å². The Labute approximate surface area is 153 Å². The number of sulfone groups is 1. The second-order valence-corrected chi connectivity index (χ2v) is 9.01. The Morgan fingerprint density at radius 3 is 2.72 bits per heavy atom. The summed E-state index contributed by atoms with van der Waals surface area (Å²) in [6.45, 7) is 2.71. The Balaban J connectivity index is 1.75. The van der Waals surface area contributed by atoms with Gasteiger partial charge in [-0.3, -0.25) is 4.79 Å². The van der Waals surface area contributed by atoms with Crippen LogP contribution in [0.5, 0.6) is 0 Å². The van der Waals surface area contributed by atoms with Crippen molar-refractivity contribution >= 4 is 33.0 Å². The molecule has 1 amide bonds. The van der Waals surface area contributed by atoms with Crippen LogP contribution in [0.2, 0.25) is 5.02 Å². The first-order valence-corrected chi connectivity index (χ1v) is 10.3. The van der Waals surface area contributed by atoms with Crippen LogP contribution in [0.4, 0.5) is 5.69 Å². The predicted octanol–water partition coefficient (Wildman–Crippen LogP) is 3.73. The largest absolute Gasteiger partial charge is 0.312 e. The van der Waals surface area contributed by atoms with Crippen molar-refractivity contribution in [3.63, 3.8) is 0 Å². The van der Waals surface area contributed by atoms with E-state index in [4.69, 9.17) is 11.6 Å². The number of benzene rings is 2. The topological polar surface area (TPSA) is 54.5 Å². The standard InChI is InChI=1S/C19H20ClNO3S/c1-14-11-15-5-2-3-8-18(15)21(13-14)19(22)9-10-25(23,24)17-7-4-6-16(20)12-17/h2-8,12,14H,9-11,13H2,1H3. The van der Waals surface area contributed by atoms with Gasteiger partial charge in [0, 0.05) is 23.7 Å². The third kappa shape index (κ3) is 4.05. The smallest absolute Gasteiger partial charge is 0.228 e. The summed E-state index contributed by atoms with van der Waals surface area (Å²) in [7, 11) is -3.54. The molecule has 25 heavy (non-hydrogen) atoms. The molecule has 3 rings (SSSR count). The van der Waals surface area contributed by atoms with E-state index < -0.39 is 9.84 Å². The molecule has 1 aliphatic rings. The van der Waals surface area contributed by atoms with E-state index in [1.54, 1.807) is 17.0 Å². The van der Waals surface area contributed by atoms with Crippen molar-refractivity contribution in [1.29, 1.82) is 0 Å². The first kappa shape index (κ1) is 18.0. The number of rotatable bonds is 4. The van der Waals surface area contributed by atoms with Crippen molar-refractivity contribution in [2.24, 2.45) is 5.92 Å². The molecule has 6 heteroatoms. The normalized spacial score (nSPS) is 17.2. The number of hydrogen-bond donors (Lipinski definition) is 0. The molecule has 0 fully saturated rings. The highest BCUT2D eigenvalue weighted by molar-refractivity contribution is 7.91. The van der Waals surface area contributed by atoms with Crippen molar-refractivity contribution in [3.05, 3.63) is 59.1 Å².